The van der Waals surface area contributed by atoms with Crippen LogP contribution in [0.5, 0.6) is 0 Å². The van der Waals surface area contributed by atoms with Crippen LogP contribution in [0.4, 0.5) is 10.7 Å². The van der Waals surface area contributed by atoms with Gasteiger partial charge in [-0.3, -0.25) is 14.9 Å². The molecule has 1 unspecified atom stereocenters. The lowest BCUT2D eigenvalue weighted by molar-refractivity contribution is -0.384. The Balaban J connectivity index is 1.83. The highest BCUT2D eigenvalue weighted by Crippen LogP contribution is 2.45. The Morgan fingerprint density at radius 3 is 2.78 bits per heavy atom. The molecule has 0 aliphatic heterocycles. The second-order valence-electron chi connectivity index (χ2n) is 8.66. The first-order chi connectivity index (χ1) is 15.2. The molecule has 0 bridgehead atoms. The minimum Gasteiger partial charge on any atom is -0.465 e. The number of rotatable bonds is 7. The number of anilines is 1. The van der Waals surface area contributed by atoms with Gasteiger partial charge in [-0.2, -0.15) is 0 Å². The maximum absolute atomic E-state index is 12.6. The monoisotopic (exact) mass is 456 g/mol. The lowest BCUT2D eigenvalue weighted by atomic mass is 9.69. The molecule has 1 aliphatic carbocycles. The summed E-state index contributed by atoms with van der Waals surface area (Å²) in [4.78, 5) is 36.7. The highest BCUT2D eigenvalue weighted by Gasteiger charge is 2.35. The third-order valence-electron chi connectivity index (χ3n) is 6.42. The van der Waals surface area contributed by atoms with E-state index in [1.165, 1.54) is 42.7 Å². The zero-order valence-corrected chi connectivity index (χ0v) is 19.6. The zero-order chi connectivity index (χ0) is 23.5. The van der Waals surface area contributed by atoms with Gasteiger partial charge >= 0.3 is 5.97 Å². The number of nitro groups is 1. The molecule has 170 valence electrons. The van der Waals surface area contributed by atoms with Gasteiger partial charge in [0.25, 0.3) is 5.69 Å². The molecule has 1 atom stereocenters. The van der Waals surface area contributed by atoms with Crippen LogP contribution < -0.4 is 5.32 Å². The number of hydrogen-bond donors (Lipinski definition) is 1. The lowest BCUT2D eigenvalue weighted by Crippen LogP contribution is -2.28. The molecule has 32 heavy (non-hydrogen) atoms. The molecule has 0 saturated carbocycles. The van der Waals surface area contributed by atoms with Crippen LogP contribution in [0.1, 0.15) is 60.0 Å². The molecule has 1 heterocycles. The number of thiophene rings is 1. The Labute approximate surface area is 191 Å². The number of carbonyl (C=O) groups excluding carboxylic acids is 2. The molecule has 1 aromatic carbocycles. The maximum atomic E-state index is 12.6. The summed E-state index contributed by atoms with van der Waals surface area (Å²) in [6.07, 6.45) is 6.55. The summed E-state index contributed by atoms with van der Waals surface area (Å²) in [6.45, 7) is 6.75. The van der Waals surface area contributed by atoms with Crippen LogP contribution in [0.3, 0.4) is 0 Å². The van der Waals surface area contributed by atoms with Crippen molar-refractivity contribution in [2.75, 3.05) is 12.4 Å². The van der Waals surface area contributed by atoms with Crippen LogP contribution in [0.25, 0.3) is 6.08 Å². The number of esters is 1. The average Bonchev–Trinajstić information content (AvgIpc) is 3.14. The Morgan fingerprint density at radius 1 is 1.38 bits per heavy atom. The van der Waals surface area contributed by atoms with E-state index in [2.05, 4.69) is 26.1 Å². The zero-order valence-electron chi connectivity index (χ0n) is 18.8. The van der Waals surface area contributed by atoms with Crippen molar-refractivity contribution in [1.82, 2.24) is 0 Å². The molecule has 7 nitrogen and oxygen atoms in total. The van der Waals surface area contributed by atoms with E-state index in [1.54, 1.807) is 12.1 Å². The smallest absolute Gasteiger partial charge is 0.341 e. The van der Waals surface area contributed by atoms with Crippen molar-refractivity contribution in [3.05, 3.63) is 62.0 Å². The first kappa shape index (κ1) is 23.7. The van der Waals surface area contributed by atoms with Gasteiger partial charge in [0, 0.05) is 23.1 Å². The number of methoxy groups -OCH3 is 1. The van der Waals surface area contributed by atoms with Crippen molar-refractivity contribution in [2.24, 2.45) is 11.3 Å². The number of fused-ring (bicyclic) bond motifs is 1. The second kappa shape index (κ2) is 9.65. The quantitative estimate of drug-likeness (QED) is 0.252. The molecule has 0 saturated heterocycles. The van der Waals surface area contributed by atoms with Gasteiger partial charge in [0.15, 0.2) is 0 Å². The predicted molar refractivity (Wildman–Crippen MR) is 126 cm³/mol. The third kappa shape index (κ3) is 5.07. The standard InChI is InChI=1S/C24H28N2O5S/c1-5-24(2,3)16-10-11-18-19(14-16)32-22(21(18)23(28)31-4)25-20(27)12-9-15-7-6-8-17(13-15)26(29)30/h6-9,12-13,16H,5,10-11,14H2,1-4H3,(H,25,27)/b12-9+. The van der Waals surface area contributed by atoms with E-state index in [1.807, 2.05) is 0 Å². The summed E-state index contributed by atoms with van der Waals surface area (Å²) in [5.74, 6) is -0.346. The Morgan fingerprint density at radius 2 is 2.12 bits per heavy atom. The number of carbonyl (C=O) groups is 2. The number of nitro benzene ring substituents is 1. The van der Waals surface area contributed by atoms with Crippen LogP contribution in [-0.2, 0) is 22.4 Å². The predicted octanol–water partition coefficient (Wildman–Crippen LogP) is 5.64. The molecule has 0 radical (unpaired) electrons. The largest absolute Gasteiger partial charge is 0.465 e. The van der Waals surface area contributed by atoms with Gasteiger partial charge in [0.2, 0.25) is 5.91 Å². The van der Waals surface area contributed by atoms with Crippen LogP contribution in [-0.4, -0.2) is 23.9 Å². The average molecular weight is 457 g/mol. The summed E-state index contributed by atoms with van der Waals surface area (Å²) >= 11 is 1.44. The summed E-state index contributed by atoms with van der Waals surface area (Å²) in [7, 11) is 1.34. The van der Waals surface area contributed by atoms with Gasteiger partial charge in [0.05, 0.1) is 17.6 Å². The van der Waals surface area contributed by atoms with Gasteiger partial charge in [-0.25, -0.2) is 4.79 Å². The number of hydrogen-bond acceptors (Lipinski definition) is 6. The van der Waals surface area contributed by atoms with Gasteiger partial charge in [-0.1, -0.05) is 39.3 Å². The van der Waals surface area contributed by atoms with E-state index < -0.39 is 16.8 Å². The molecular formula is C24H28N2O5S. The lowest BCUT2D eigenvalue weighted by Gasteiger charge is -2.36. The molecule has 1 N–H and O–H groups in total. The van der Waals surface area contributed by atoms with Crippen LogP contribution >= 0.6 is 11.3 Å². The molecular weight excluding hydrogens is 428 g/mol. The molecule has 8 heteroatoms. The minimum absolute atomic E-state index is 0.0453. The van der Waals surface area contributed by atoms with Gasteiger partial charge < -0.3 is 10.1 Å². The summed E-state index contributed by atoms with van der Waals surface area (Å²) in [5, 5.41) is 14.2. The van der Waals surface area contributed by atoms with Gasteiger partial charge in [-0.05, 0) is 47.8 Å². The highest BCUT2D eigenvalue weighted by molar-refractivity contribution is 7.17. The third-order valence-corrected chi connectivity index (χ3v) is 7.59. The molecule has 1 amide bonds. The number of benzene rings is 1. The Hall–Kier alpha value is -3.00. The van der Waals surface area contributed by atoms with Crippen LogP contribution in [0.15, 0.2) is 30.3 Å². The van der Waals surface area contributed by atoms with Crippen molar-refractivity contribution in [3.63, 3.8) is 0 Å². The summed E-state index contributed by atoms with van der Waals surface area (Å²) in [6, 6.07) is 6.02. The van der Waals surface area contributed by atoms with Crippen molar-refractivity contribution in [3.8, 4) is 0 Å². The number of nitrogens with zero attached hydrogens (tertiary/aromatic N) is 1. The Bertz CT molecular complexity index is 1070. The normalized spacial score (nSPS) is 15.9. The highest BCUT2D eigenvalue weighted by atomic mass is 32.1. The number of amides is 1. The SMILES string of the molecule is CCC(C)(C)C1CCc2c(sc(NC(=O)/C=C/c3cccc([N+](=O)[O-])c3)c2C(=O)OC)C1. The molecule has 1 aliphatic rings. The fourth-order valence-corrected chi connectivity index (χ4v) is 5.33. The van der Waals surface area contributed by atoms with Gasteiger partial charge in [-0.15, -0.1) is 11.3 Å². The van der Waals surface area contributed by atoms with Crippen LogP contribution in [0.2, 0.25) is 0 Å². The number of ether oxygens (including phenoxy) is 1. The Kier molecular flexibility index (Phi) is 7.13. The van der Waals surface area contributed by atoms with Crippen molar-refractivity contribution < 1.29 is 19.2 Å². The number of nitrogens with one attached hydrogen (secondary N) is 1. The molecule has 1 aromatic heterocycles. The van der Waals surface area contributed by atoms with Crippen molar-refractivity contribution in [2.45, 2.75) is 46.5 Å². The van der Waals surface area contributed by atoms with E-state index >= 15 is 0 Å². The van der Waals surface area contributed by atoms with Crippen LogP contribution in [0, 0.1) is 21.4 Å². The maximum Gasteiger partial charge on any atom is 0.341 e. The van der Waals surface area contributed by atoms with Gasteiger partial charge in [0.1, 0.15) is 5.00 Å². The molecule has 2 aromatic rings. The van der Waals surface area contributed by atoms with Crippen molar-refractivity contribution >= 4 is 40.0 Å². The van der Waals surface area contributed by atoms with E-state index in [0.29, 0.717) is 22.0 Å². The number of non-ortho nitro benzene ring substituents is 1. The molecule has 0 fully saturated rings. The second-order valence-corrected chi connectivity index (χ2v) is 9.76. The molecule has 3 rings (SSSR count). The first-order valence-electron chi connectivity index (χ1n) is 10.6. The van der Waals surface area contributed by atoms with E-state index in [0.717, 1.165) is 36.1 Å². The summed E-state index contributed by atoms with van der Waals surface area (Å²) < 4.78 is 5.00. The van der Waals surface area contributed by atoms with E-state index in [-0.39, 0.29) is 11.1 Å². The molecule has 0 spiro atoms. The van der Waals surface area contributed by atoms with Crippen molar-refractivity contribution in [1.29, 1.82) is 0 Å². The van der Waals surface area contributed by atoms with E-state index in [9.17, 15) is 19.7 Å². The fraction of sp³-hybridized carbons (Fsp3) is 0.417. The first-order valence-corrected chi connectivity index (χ1v) is 11.4. The summed E-state index contributed by atoms with van der Waals surface area (Å²) in [5.41, 5.74) is 2.12. The minimum atomic E-state index is -0.483. The topological polar surface area (TPSA) is 98.5 Å². The fourth-order valence-electron chi connectivity index (χ4n) is 4.02. The van der Waals surface area contributed by atoms with E-state index in [4.69, 9.17) is 4.74 Å².